The Balaban J connectivity index is 1.17. The van der Waals surface area contributed by atoms with Gasteiger partial charge in [0, 0.05) is 11.1 Å². The Morgan fingerprint density at radius 1 is 0.933 bits per heavy atom. The van der Waals surface area contributed by atoms with Gasteiger partial charge in [-0.3, -0.25) is 9.69 Å². The highest BCUT2D eigenvalue weighted by Crippen LogP contribution is 2.35. The van der Waals surface area contributed by atoms with Crippen molar-refractivity contribution >= 4 is 40.2 Å². The van der Waals surface area contributed by atoms with Crippen LogP contribution in [0.2, 0.25) is 0 Å². The molecule has 2 heterocycles. The van der Waals surface area contributed by atoms with Gasteiger partial charge in [0.1, 0.15) is 17.9 Å². The first kappa shape index (κ1) is 29.6. The number of benzene rings is 4. The van der Waals surface area contributed by atoms with E-state index in [1.54, 1.807) is 12.1 Å². The summed E-state index contributed by atoms with van der Waals surface area (Å²) in [5, 5.41) is 6.82. The van der Waals surface area contributed by atoms with Gasteiger partial charge in [0.05, 0.1) is 22.8 Å². The maximum atomic E-state index is 15.1. The van der Waals surface area contributed by atoms with Gasteiger partial charge in [-0.1, -0.05) is 60.3 Å². The SMILES string of the molecule is O=C(/N=C1\SCC(=O)N1c1ccccc1-c1ccccc1)Nc1ccc(-c2ncn(-c3ccc(OC(F)(F)F)cc3)n2)cc1F. The first-order valence-electron chi connectivity index (χ1n) is 13.2. The van der Waals surface area contributed by atoms with Crippen molar-refractivity contribution in [1.29, 1.82) is 0 Å². The molecule has 0 spiro atoms. The third kappa shape index (κ3) is 6.70. The number of hydrogen-bond acceptors (Lipinski definition) is 6. The fourth-order valence-electron chi connectivity index (χ4n) is 4.52. The smallest absolute Gasteiger partial charge is 0.406 e. The van der Waals surface area contributed by atoms with Gasteiger partial charge in [0.25, 0.3) is 0 Å². The molecule has 4 aromatic carbocycles. The molecule has 0 saturated carbocycles. The van der Waals surface area contributed by atoms with Gasteiger partial charge in [0.15, 0.2) is 11.0 Å². The van der Waals surface area contributed by atoms with Crippen molar-refractivity contribution in [2.45, 2.75) is 6.36 Å². The molecule has 1 aliphatic heterocycles. The Kier molecular flexibility index (Phi) is 8.04. The van der Waals surface area contributed by atoms with E-state index in [1.165, 1.54) is 40.2 Å². The lowest BCUT2D eigenvalue weighted by molar-refractivity contribution is -0.274. The molecule has 0 aliphatic carbocycles. The molecule has 5 aromatic rings. The number of carbonyl (C=O) groups excluding carboxylic acids is 2. The predicted molar refractivity (Wildman–Crippen MR) is 162 cm³/mol. The van der Waals surface area contributed by atoms with Crippen LogP contribution >= 0.6 is 11.8 Å². The van der Waals surface area contributed by atoms with Crippen molar-refractivity contribution < 1.29 is 31.9 Å². The zero-order valence-corrected chi connectivity index (χ0v) is 23.7. The van der Waals surface area contributed by atoms with E-state index in [2.05, 4.69) is 25.1 Å². The van der Waals surface area contributed by atoms with E-state index in [9.17, 15) is 22.8 Å². The summed E-state index contributed by atoms with van der Waals surface area (Å²) in [5.74, 6) is -1.20. The molecule has 0 bridgehead atoms. The molecule has 6 rings (SSSR count). The summed E-state index contributed by atoms with van der Waals surface area (Å²) in [5.41, 5.74) is 2.77. The maximum Gasteiger partial charge on any atom is 0.573 e. The average molecular weight is 633 g/mol. The fraction of sp³-hybridized carbons (Fsp3) is 0.0645. The molecule has 1 fully saturated rings. The van der Waals surface area contributed by atoms with Crippen LogP contribution in [-0.2, 0) is 4.79 Å². The Morgan fingerprint density at radius 2 is 1.67 bits per heavy atom. The zero-order chi connectivity index (χ0) is 31.6. The number of rotatable bonds is 6. The van der Waals surface area contributed by atoms with Crippen molar-refractivity contribution in [2.24, 2.45) is 4.99 Å². The number of amidine groups is 1. The van der Waals surface area contributed by atoms with Gasteiger partial charge < -0.3 is 10.1 Å². The molecule has 0 radical (unpaired) electrons. The number of nitrogens with one attached hydrogen (secondary N) is 1. The van der Waals surface area contributed by atoms with E-state index in [4.69, 9.17) is 0 Å². The molecule has 1 saturated heterocycles. The van der Waals surface area contributed by atoms with Gasteiger partial charge >= 0.3 is 12.4 Å². The number of para-hydroxylation sites is 1. The van der Waals surface area contributed by atoms with E-state index in [0.717, 1.165) is 41.1 Å². The topological polar surface area (TPSA) is 102 Å². The number of thioether (sulfide) groups is 1. The van der Waals surface area contributed by atoms with Gasteiger partial charge in [-0.25, -0.2) is 18.9 Å². The van der Waals surface area contributed by atoms with E-state index in [-0.39, 0.29) is 39.7 Å². The molecule has 0 atom stereocenters. The van der Waals surface area contributed by atoms with Crippen LogP contribution < -0.4 is 15.0 Å². The summed E-state index contributed by atoms with van der Waals surface area (Å²) in [6.45, 7) is 0. The Hall–Kier alpha value is -5.50. The lowest BCUT2D eigenvalue weighted by atomic mass is 10.0. The first-order valence-corrected chi connectivity index (χ1v) is 14.2. The standard InChI is InChI=1S/C31H20F4N6O3S/c32-24-16-20(28-36-18-40(39-28)21-11-13-22(14-12-21)44-31(33,34)35)10-15-25(24)37-29(43)38-30-41(27(42)17-45-30)26-9-5-4-8-23(26)19-6-2-1-3-7-19/h1-16,18H,17H2,(H,37,43)/b38-30-. The van der Waals surface area contributed by atoms with Crippen molar-refractivity contribution in [2.75, 3.05) is 16.0 Å². The van der Waals surface area contributed by atoms with Crippen LogP contribution in [0.1, 0.15) is 0 Å². The molecular weight excluding hydrogens is 612 g/mol. The lowest BCUT2D eigenvalue weighted by Gasteiger charge is -2.20. The largest absolute Gasteiger partial charge is 0.573 e. The van der Waals surface area contributed by atoms with Crippen LogP contribution in [0.3, 0.4) is 0 Å². The lowest BCUT2D eigenvalue weighted by Crippen LogP contribution is -2.30. The second kappa shape index (κ2) is 12.2. The molecule has 45 heavy (non-hydrogen) atoms. The normalized spacial score (nSPS) is 14.2. The molecular formula is C31H20F4N6O3S. The second-order valence-electron chi connectivity index (χ2n) is 9.47. The van der Waals surface area contributed by atoms with Gasteiger partial charge in [0.2, 0.25) is 5.91 Å². The Bertz CT molecular complexity index is 1910. The summed E-state index contributed by atoms with van der Waals surface area (Å²) < 4.78 is 57.5. The monoisotopic (exact) mass is 632 g/mol. The summed E-state index contributed by atoms with van der Waals surface area (Å²) in [4.78, 5) is 35.3. The predicted octanol–water partition coefficient (Wildman–Crippen LogP) is 7.31. The number of urea groups is 1. The molecule has 9 nitrogen and oxygen atoms in total. The molecule has 1 aromatic heterocycles. The molecule has 14 heteroatoms. The number of aromatic nitrogens is 3. The molecule has 226 valence electrons. The number of aliphatic imine (C=N–C) groups is 1. The number of nitrogens with zero attached hydrogens (tertiary/aromatic N) is 5. The van der Waals surface area contributed by atoms with Crippen molar-refractivity contribution in [3.8, 4) is 34.0 Å². The van der Waals surface area contributed by atoms with Crippen molar-refractivity contribution in [3.05, 3.63) is 109 Å². The molecule has 3 amide bonds. The summed E-state index contributed by atoms with van der Waals surface area (Å²) in [6, 6.07) is 24.8. The van der Waals surface area contributed by atoms with Crippen molar-refractivity contribution in [1.82, 2.24) is 14.8 Å². The third-order valence-electron chi connectivity index (χ3n) is 6.49. The van der Waals surface area contributed by atoms with Crippen molar-refractivity contribution in [3.63, 3.8) is 0 Å². The van der Waals surface area contributed by atoms with E-state index in [0.29, 0.717) is 11.4 Å². The van der Waals surface area contributed by atoms with Gasteiger partial charge in [-0.15, -0.1) is 18.3 Å². The number of halogens is 4. The number of anilines is 2. The van der Waals surface area contributed by atoms with Crippen LogP contribution in [-0.4, -0.2) is 44.0 Å². The quantitative estimate of drug-likeness (QED) is 0.197. The summed E-state index contributed by atoms with van der Waals surface area (Å²) in [7, 11) is 0. The van der Waals surface area contributed by atoms with Gasteiger partial charge in [-0.05, 0) is 54.1 Å². The summed E-state index contributed by atoms with van der Waals surface area (Å²) >= 11 is 1.10. The average Bonchev–Trinajstić information content (AvgIpc) is 3.65. The van der Waals surface area contributed by atoms with Crippen LogP contribution in [0.25, 0.3) is 28.2 Å². The Morgan fingerprint density at radius 3 is 2.40 bits per heavy atom. The number of alkyl halides is 3. The minimum Gasteiger partial charge on any atom is -0.406 e. The van der Waals surface area contributed by atoms with E-state index in [1.807, 2.05) is 42.5 Å². The van der Waals surface area contributed by atoms with Crippen LogP contribution in [0, 0.1) is 5.82 Å². The number of amides is 3. The molecule has 1 aliphatic rings. The highest BCUT2D eigenvalue weighted by Gasteiger charge is 2.32. The Labute approximate surface area is 257 Å². The summed E-state index contributed by atoms with van der Waals surface area (Å²) in [6.07, 6.45) is -3.49. The van der Waals surface area contributed by atoms with E-state index >= 15 is 4.39 Å². The molecule has 1 N–H and O–H groups in total. The second-order valence-corrected chi connectivity index (χ2v) is 10.4. The first-order chi connectivity index (χ1) is 21.6. The van der Waals surface area contributed by atoms with E-state index < -0.39 is 18.2 Å². The highest BCUT2D eigenvalue weighted by atomic mass is 32.2. The zero-order valence-electron chi connectivity index (χ0n) is 22.9. The van der Waals surface area contributed by atoms with Crippen LogP contribution in [0.4, 0.5) is 33.7 Å². The molecule has 0 unspecified atom stereocenters. The highest BCUT2D eigenvalue weighted by molar-refractivity contribution is 8.15. The van der Waals surface area contributed by atoms with Crippen LogP contribution in [0.15, 0.2) is 108 Å². The third-order valence-corrected chi connectivity index (χ3v) is 7.41. The number of ether oxygens (including phenoxy) is 1. The van der Waals surface area contributed by atoms with Crippen LogP contribution in [0.5, 0.6) is 5.75 Å². The fourth-order valence-corrected chi connectivity index (χ4v) is 5.38. The minimum atomic E-state index is -4.81. The maximum absolute atomic E-state index is 15.1. The number of carbonyl (C=O) groups is 2. The number of hydrogen-bond donors (Lipinski definition) is 1. The minimum absolute atomic E-state index is 0.0867. The van der Waals surface area contributed by atoms with Gasteiger partial charge in [-0.2, -0.15) is 4.99 Å².